The molecule has 4 aliphatic rings. The van der Waals surface area contributed by atoms with Crippen molar-refractivity contribution in [3.05, 3.63) is 362 Å². The Balaban J connectivity index is 0.843. The van der Waals surface area contributed by atoms with Crippen LogP contribution in [0.2, 0.25) is 0 Å². The largest absolute Gasteiger partial charge is 0.458 e. The topological polar surface area (TPSA) is 31.4 Å². The van der Waals surface area contributed by atoms with E-state index in [0.717, 1.165) is 158 Å². The third kappa shape index (κ3) is 12.5. The standard InChI is InChI=1S/C106H92B2N4O2/c1-103(2,3)73-55-47-69(48-56-73)81-35-19-25-41-89(81)109(77-31-15-13-16-32-77)79-63-95-101-99(65-79)113-97-68-98-88(67-87(97)107(101)85-39-23-29-45-93(85)111(95)91-43-27-21-37-83(91)71-51-59-75(60-52-71)105(7,8)9)108-86-40-24-30-46-94(86)112(92-44-28-22-38-84(92)72-53-61-76(62-54-72)106(10,11)12)96-64-80(66-100(114-98)102(96)108)110(78-33-17-14-18-34-78)90-42-26-20-36-82(90)70-49-57-74(58-50-70)104(4,5)6/h13-68H,1-12H3. The molecule has 19 rings (SSSR count). The SMILES string of the molecule is CC(C)(C)c1ccc(-c2ccccc2N(c2ccccc2)c2cc3c4c(c2)N(c2ccccc2-c2ccc(C(C)(C)C)cc2)c2ccccc2B4c2cc4c(cc2O3)Oc2cc(N(c3ccccc3)c3ccccc3-c3ccc(C(C)(C)C)cc3)cc3c2B4c2ccccc2N3c2ccccc2-c2ccc(C(C)(C)C)cc2)cc1. The lowest BCUT2D eigenvalue weighted by Gasteiger charge is -2.43. The van der Waals surface area contributed by atoms with Crippen LogP contribution in [0.1, 0.15) is 105 Å². The predicted molar refractivity (Wildman–Crippen MR) is 484 cm³/mol. The summed E-state index contributed by atoms with van der Waals surface area (Å²) < 4.78 is 15.8. The molecule has 0 spiro atoms. The van der Waals surface area contributed by atoms with Crippen molar-refractivity contribution >= 4 is 114 Å². The van der Waals surface area contributed by atoms with Crippen LogP contribution in [0.25, 0.3) is 44.5 Å². The summed E-state index contributed by atoms with van der Waals surface area (Å²) in [7, 11) is 0. The van der Waals surface area contributed by atoms with Gasteiger partial charge in [-0.05, 0) is 172 Å². The molecular formula is C106H92B2N4O2. The van der Waals surface area contributed by atoms with E-state index < -0.39 is 0 Å². The van der Waals surface area contributed by atoms with Crippen LogP contribution in [0.4, 0.5) is 68.2 Å². The Labute approximate surface area is 673 Å². The van der Waals surface area contributed by atoms with E-state index >= 15 is 0 Å². The molecular weight excluding hydrogens is 1380 g/mol. The predicted octanol–water partition coefficient (Wildman–Crippen LogP) is 25.3. The number of hydrogen-bond acceptors (Lipinski definition) is 6. The van der Waals surface area contributed by atoms with Gasteiger partial charge < -0.3 is 29.1 Å². The number of para-hydroxylation sites is 8. The van der Waals surface area contributed by atoms with Crippen LogP contribution in [0.5, 0.6) is 23.0 Å². The smallest absolute Gasteiger partial charge is 0.256 e. The van der Waals surface area contributed by atoms with E-state index in [4.69, 9.17) is 9.47 Å². The van der Waals surface area contributed by atoms with Crippen molar-refractivity contribution < 1.29 is 9.47 Å². The van der Waals surface area contributed by atoms with Crippen molar-refractivity contribution in [1.82, 2.24) is 0 Å². The fourth-order valence-electron chi connectivity index (χ4n) is 17.9. The third-order valence-electron chi connectivity index (χ3n) is 23.8. The zero-order valence-corrected chi connectivity index (χ0v) is 67.1. The van der Waals surface area contributed by atoms with Crippen molar-refractivity contribution in [3.8, 4) is 67.5 Å². The van der Waals surface area contributed by atoms with Crippen molar-refractivity contribution in [1.29, 1.82) is 0 Å². The quantitative estimate of drug-likeness (QED) is 0.113. The monoisotopic (exact) mass is 1470 g/mol. The first-order valence-corrected chi connectivity index (χ1v) is 40.3. The maximum Gasteiger partial charge on any atom is 0.256 e. The second-order valence-corrected chi connectivity index (χ2v) is 35.3. The molecule has 0 amide bonds. The van der Waals surface area contributed by atoms with Gasteiger partial charge in [-0.3, -0.25) is 0 Å². The zero-order valence-electron chi connectivity index (χ0n) is 67.1. The van der Waals surface area contributed by atoms with E-state index in [1.54, 1.807) is 0 Å². The lowest BCUT2D eigenvalue weighted by molar-refractivity contribution is 0.466. The molecule has 114 heavy (non-hydrogen) atoms. The van der Waals surface area contributed by atoms with Crippen molar-refractivity contribution in [2.24, 2.45) is 0 Å². The summed E-state index contributed by atoms with van der Waals surface area (Å²) in [6.07, 6.45) is 0. The normalized spacial score (nSPS) is 13.2. The van der Waals surface area contributed by atoms with Gasteiger partial charge in [0.15, 0.2) is 0 Å². The molecule has 8 heteroatoms. The minimum Gasteiger partial charge on any atom is -0.458 e. The van der Waals surface area contributed by atoms with E-state index in [-0.39, 0.29) is 35.1 Å². The first-order valence-electron chi connectivity index (χ1n) is 40.3. The van der Waals surface area contributed by atoms with E-state index in [0.29, 0.717) is 0 Å². The van der Waals surface area contributed by atoms with Crippen LogP contribution in [-0.4, -0.2) is 13.4 Å². The summed E-state index contributed by atoms with van der Waals surface area (Å²) in [6, 6.07) is 126. The zero-order chi connectivity index (χ0) is 78.1. The third-order valence-corrected chi connectivity index (χ3v) is 23.8. The highest BCUT2D eigenvalue weighted by atomic mass is 16.5. The first kappa shape index (κ1) is 71.5. The summed E-state index contributed by atoms with van der Waals surface area (Å²) in [5.74, 6) is 3.04. The lowest BCUT2D eigenvalue weighted by atomic mass is 9.31. The molecule has 0 radical (unpaired) electrons. The number of anilines is 12. The van der Waals surface area contributed by atoms with Crippen LogP contribution in [0.3, 0.4) is 0 Å². The van der Waals surface area contributed by atoms with Crippen molar-refractivity contribution in [2.75, 3.05) is 19.6 Å². The summed E-state index contributed by atoms with van der Waals surface area (Å²) in [5, 5.41) is 0. The van der Waals surface area contributed by atoms with Crippen molar-refractivity contribution in [3.63, 3.8) is 0 Å². The fourth-order valence-corrected chi connectivity index (χ4v) is 17.9. The van der Waals surface area contributed by atoms with Gasteiger partial charge in [0.2, 0.25) is 0 Å². The van der Waals surface area contributed by atoms with Crippen LogP contribution < -0.4 is 61.9 Å². The highest BCUT2D eigenvalue weighted by Crippen LogP contribution is 2.53. The van der Waals surface area contributed by atoms with Crippen molar-refractivity contribution in [2.45, 2.75) is 105 Å². The van der Waals surface area contributed by atoms with E-state index in [1.165, 1.54) is 33.2 Å². The second kappa shape index (κ2) is 27.6. The summed E-state index contributed by atoms with van der Waals surface area (Å²) in [4.78, 5) is 9.92. The molecule has 0 unspecified atom stereocenters. The number of fused-ring (bicyclic) bond motifs is 8. The van der Waals surface area contributed by atoms with Crippen LogP contribution in [-0.2, 0) is 21.7 Å². The molecule has 0 aliphatic carbocycles. The van der Waals surface area contributed by atoms with Gasteiger partial charge in [0.05, 0.1) is 34.1 Å². The van der Waals surface area contributed by atoms with Gasteiger partial charge in [0.1, 0.15) is 23.0 Å². The molecule has 0 bridgehead atoms. The second-order valence-electron chi connectivity index (χ2n) is 35.3. The Kier molecular flexibility index (Phi) is 17.3. The molecule has 0 fully saturated rings. The molecule has 0 N–H and O–H groups in total. The Morgan fingerprint density at radius 1 is 0.228 bits per heavy atom. The lowest BCUT2D eigenvalue weighted by Crippen LogP contribution is -2.63. The average Bonchev–Trinajstić information content (AvgIpc) is 0.695. The molecule has 15 aromatic carbocycles. The van der Waals surface area contributed by atoms with Gasteiger partial charge in [-0.1, -0.05) is 332 Å². The summed E-state index contributed by atoms with van der Waals surface area (Å²) in [6.45, 7) is 26.8. The summed E-state index contributed by atoms with van der Waals surface area (Å²) >= 11 is 0. The highest BCUT2D eigenvalue weighted by molar-refractivity contribution is 7.02. The Bertz CT molecular complexity index is 5850. The first-order chi connectivity index (χ1) is 55.1. The van der Waals surface area contributed by atoms with E-state index in [2.05, 4.69) is 442 Å². The van der Waals surface area contributed by atoms with Gasteiger partial charge in [0, 0.05) is 74.6 Å². The Hall–Kier alpha value is -12.8. The molecule has 0 saturated heterocycles. The minimum atomic E-state index is -0.276. The molecule has 15 aromatic rings. The van der Waals surface area contributed by atoms with Gasteiger partial charge in [-0.2, -0.15) is 0 Å². The molecule has 0 saturated carbocycles. The van der Waals surface area contributed by atoms with Gasteiger partial charge in [0.25, 0.3) is 13.4 Å². The van der Waals surface area contributed by atoms with Gasteiger partial charge in [-0.25, -0.2) is 0 Å². The van der Waals surface area contributed by atoms with Crippen LogP contribution in [0.15, 0.2) is 340 Å². The number of hydrogen-bond donors (Lipinski definition) is 0. The average molecular weight is 1480 g/mol. The van der Waals surface area contributed by atoms with Gasteiger partial charge >= 0.3 is 0 Å². The van der Waals surface area contributed by atoms with Crippen LogP contribution >= 0.6 is 0 Å². The highest BCUT2D eigenvalue weighted by Gasteiger charge is 2.48. The van der Waals surface area contributed by atoms with Gasteiger partial charge in [-0.15, -0.1) is 0 Å². The van der Waals surface area contributed by atoms with Crippen LogP contribution in [0, 0.1) is 0 Å². The number of rotatable bonds is 12. The fraction of sp³-hybridized carbons (Fsp3) is 0.151. The molecule has 4 aliphatic heterocycles. The Morgan fingerprint density at radius 3 is 0.860 bits per heavy atom. The maximum absolute atomic E-state index is 7.90. The molecule has 4 heterocycles. The number of nitrogens with zero attached hydrogens (tertiary/aromatic N) is 4. The maximum atomic E-state index is 7.90. The van der Waals surface area contributed by atoms with E-state index in [9.17, 15) is 0 Å². The number of benzene rings is 15. The summed E-state index contributed by atoms with van der Waals surface area (Å²) in [5.41, 5.74) is 33.3. The number of ether oxygens (including phenoxy) is 2. The molecule has 0 aromatic heterocycles. The molecule has 0 atom stereocenters. The molecule has 554 valence electrons. The van der Waals surface area contributed by atoms with E-state index in [1.807, 2.05) is 0 Å². The molecule has 6 nitrogen and oxygen atoms in total. The minimum absolute atomic E-state index is 0.00737. The Morgan fingerprint density at radius 2 is 0.518 bits per heavy atom.